The molecular formula is C12H19IN2O. The van der Waals surface area contributed by atoms with Gasteiger partial charge in [-0.2, -0.15) is 0 Å². The summed E-state index contributed by atoms with van der Waals surface area (Å²) in [5.74, 6) is 0. The average molecular weight is 334 g/mol. The fourth-order valence-electron chi connectivity index (χ4n) is 1.46. The maximum Gasteiger partial charge on any atom is 0.130 e. The first kappa shape index (κ1) is 13.7. The molecule has 1 atom stereocenters. The van der Waals surface area contributed by atoms with E-state index in [2.05, 4.69) is 58.5 Å². The van der Waals surface area contributed by atoms with Gasteiger partial charge < -0.3 is 8.64 Å². The molecule has 0 aliphatic carbocycles. The Kier molecular flexibility index (Phi) is 4.58. The molecule has 4 heteroatoms. The van der Waals surface area contributed by atoms with Crippen LogP contribution in [0.4, 0.5) is 5.69 Å². The summed E-state index contributed by atoms with van der Waals surface area (Å²) in [6.07, 6.45) is -0.620. The molecule has 0 saturated carbocycles. The van der Waals surface area contributed by atoms with Crippen LogP contribution < -0.4 is 8.85 Å². The van der Waals surface area contributed by atoms with E-state index in [-0.39, 0.29) is 5.41 Å². The molecule has 0 fully saturated rings. The molecule has 0 amide bonds. The van der Waals surface area contributed by atoms with Crippen molar-refractivity contribution in [2.75, 3.05) is 10.6 Å². The zero-order chi connectivity index (χ0) is 12.3. The molecule has 0 aromatic heterocycles. The van der Waals surface area contributed by atoms with Gasteiger partial charge in [0, 0.05) is 5.69 Å². The van der Waals surface area contributed by atoms with Gasteiger partial charge >= 0.3 is 0 Å². The molecule has 0 aliphatic rings. The molecule has 1 aromatic rings. The van der Waals surface area contributed by atoms with E-state index in [1.807, 2.05) is 12.1 Å². The van der Waals surface area contributed by atoms with Crippen LogP contribution in [0.1, 0.15) is 38.1 Å². The van der Waals surface area contributed by atoms with E-state index in [9.17, 15) is 5.11 Å². The second kappa shape index (κ2) is 5.33. The van der Waals surface area contributed by atoms with Gasteiger partial charge in [-0.1, -0.05) is 26.8 Å². The van der Waals surface area contributed by atoms with Gasteiger partial charge in [-0.15, -0.1) is 0 Å². The predicted molar refractivity (Wildman–Crippen MR) is 76.8 cm³/mol. The van der Waals surface area contributed by atoms with Crippen molar-refractivity contribution in [3.63, 3.8) is 0 Å². The minimum absolute atomic E-state index is 0.0751. The van der Waals surface area contributed by atoms with Crippen molar-refractivity contribution < 1.29 is 5.11 Å². The third-order valence-electron chi connectivity index (χ3n) is 2.52. The van der Waals surface area contributed by atoms with E-state index in [4.69, 9.17) is 0 Å². The van der Waals surface area contributed by atoms with Crippen molar-refractivity contribution in [3.8, 4) is 0 Å². The van der Waals surface area contributed by atoms with Gasteiger partial charge in [-0.05, 0) is 35.7 Å². The molecule has 3 nitrogen and oxygen atoms in total. The minimum Gasteiger partial charge on any atom is -0.374 e. The Balaban J connectivity index is 3.21. The van der Waals surface area contributed by atoms with Gasteiger partial charge in [0.25, 0.3) is 0 Å². The van der Waals surface area contributed by atoms with Crippen LogP contribution in [0.5, 0.6) is 0 Å². The van der Waals surface area contributed by atoms with E-state index in [0.29, 0.717) is 0 Å². The molecule has 3 N–H and O–H groups in total. The lowest BCUT2D eigenvalue weighted by molar-refractivity contribution is 0.149. The SMILES string of the molecule is CNC(O)c1cc(NI)cc(C(C)(C)C)c1. The highest BCUT2D eigenvalue weighted by Gasteiger charge is 2.17. The summed E-state index contributed by atoms with van der Waals surface area (Å²) in [7, 11) is 1.74. The van der Waals surface area contributed by atoms with Crippen molar-refractivity contribution in [3.05, 3.63) is 29.3 Å². The van der Waals surface area contributed by atoms with Crippen molar-refractivity contribution in [2.24, 2.45) is 0 Å². The van der Waals surface area contributed by atoms with Crippen molar-refractivity contribution in [2.45, 2.75) is 32.4 Å². The first-order valence-corrected chi connectivity index (χ1v) is 6.34. The lowest BCUT2D eigenvalue weighted by Crippen LogP contribution is -2.17. The number of halogens is 1. The van der Waals surface area contributed by atoms with Crippen LogP contribution in [0.2, 0.25) is 0 Å². The number of aliphatic hydroxyl groups is 1. The highest BCUT2D eigenvalue weighted by atomic mass is 127. The second-order valence-electron chi connectivity index (χ2n) is 4.88. The Morgan fingerprint density at radius 3 is 2.31 bits per heavy atom. The number of rotatable bonds is 3. The fraction of sp³-hybridized carbons (Fsp3) is 0.500. The zero-order valence-corrected chi connectivity index (χ0v) is 12.3. The van der Waals surface area contributed by atoms with Crippen LogP contribution in [0.15, 0.2) is 18.2 Å². The second-order valence-corrected chi connectivity index (χ2v) is 5.42. The summed E-state index contributed by atoms with van der Waals surface area (Å²) in [5, 5.41) is 12.6. The standard InChI is InChI=1S/C12H19IN2O/c1-12(2,3)9-5-8(11(16)14-4)6-10(7-9)15-13/h5-7,11,14-16H,1-4H3. The summed E-state index contributed by atoms with van der Waals surface area (Å²) < 4.78 is 3.09. The van der Waals surface area contributed by atoms with Crippen molar-refractivity contribution in [1.29, 1.82) is 0 Å². The monoisotopic (exact) mass is 334 g/mol. The quantitative estimate of drug-likeness (QED) is 0.452. The Morgan fingerprint density at radius 2 is 1.88 bits per heavy atom. The molecule has 1 aromatic carbocycles. The lowest BCUT2D eigenvalue weighted by Gasteiger charge is -2.22. The van der Waals surface area contributed by atoms with E-state index in [1.54, 1.807) is 7.05 Å². The minimum atomic E-state index is -0.620. The van der Waals surface area contributed by atoms with Crippen molar-refractivity contribution >= 4 is 28.6 Å². The number of nitrogens with one attached hydrogen (secondary N) is 2. The first-order chi connectivity index (χ1) is 7.38. The van der Waals surface area contributed by atoms with E-state index < -0.39 is 6.23 Å². The highest BCUT2D eigenvalue weighted by molar-refractivity contribution is 14.1. The van der Waals surface area contributed by atoms with Crippen LogP contribution in [0.3, 0.4) is 0 Å². The number of aliphatic hydroxyl groups excluding tert-OH is 1. The smallest absolute Gasteiger partial charge is 0.130 e. The molecule has 0 radical (unpaired) electrons. The molecule has 0 bridgehead atoms. The van der Waals surface area contributed by atoms with E-state index >= 15 is 0 Å². The summed E-state index contributed by atoms with van der Waals surface area (Å²) in [5.41, 5.74) is 3.18. The van der Waals surface area contributed by atoms with Gasteiger partial charge in [-0.25, -0.2) is 0 Å². The molecule has 0 heterocycles. The molecule has 1 rings (SSSR count). The summed E-state index contributed by atoms with van der Waals surface area (Å²) in [6, 6.07) is 6.10. The third kappa shape index (κ3) is 3.33. The van der Waals surface area contributed by atoms with Crippen LogP contribution >= 0.6 is 22.9 Å². The molecule has 16 heavy (non-hydrogen) atoms. The van der Waals surface area contributed by atoms with E-state index in [0.717, 1.165) is 11.3 Å². The molecule has 0 aliphatic heterocycles. The maximum atomic E-state index is 9.80. The largest absolute Gasteiger partial charge is 0.374 e. The summed E-state index contributed by atoms with van der Waals surface area (Å²) >= 11 is 2.10. The Bertz CT molecular complexity index is 361. The van der Waals surface area contributed by atoms with Gasteiger partial charge in [0.2, 0.25) is 0 Å². The number of anilines is 1. The Labute approximate surface area is 111 Å². The van der Waals surface area contributed by atoms with Crippen LogP contribution in [0, 0.1) is 0 Å². The van der Waals surface area contributed by atoms with Crippen LogP contribution in [-0.2, 0) is 5.41 Å². The van der Waals surface area contributed by atoms with Gasteiger partial charge in [0.1, 0.15) is 6.23 Å². The fourth-order valence-corrected chi connectivity index (χ4v) is 1.78. The predicted octanol–water partition coefficient (Wildman–Crippen LogP) is 2.96. The summed E-state index contributed by atoms with van der Waals surface area (Å²) in [4.78, 5) is 0. The first-order valence-electron chi connectivity index (χ1n) is 5.26. The number of hydrogen-bond acceptors (Lipinski definition) is 3. The maximum absolute atomic E-state index is 9.80. The third-order valence-corrected chi connectivity index (χ3v) is 3.14. The highest BCUT2D eigenvalue weighted by Crippen LogP contribution is 2.28. The van der Waals surface area contributed by atoms with Gasteiger partial charge in [-0.3, -0.25) is 5.32 Å². The topological polar surface area (TPSA) is 44.3 Å². The molecule has 90 valence electrons. The number of benzene rings is 1. The Morgan fingerprint density at radius 1 is 1.25 bits per heavy atom. The van der Waals surface area contributed by atoms with Crippen LogP contribution in [0.25, 0.3) is 0 Å². The Hall–Kier alpha value is -0.330. The summed E-state index contributed by atoms with van der Waals surface area (Å²) in [6.45, 7) is 6.48. The molecular weight excluding hydrogens is 315 g/mol. The van der Waals surface area contributed by atoms with Crippen LogP contribution in [-0.4, -0.2) is 12.2 Å². The van der Waals surface area contributed by atoms with E-state index in [1.165, 1.54) is 5.56 Å². The van der Waals surface area contributed by atoms with Gasteiger partial charge in [0.15, 0.2) is 0 Å². The normalized spacial score (nSPS) is 13.6. The molecule has 0 spiro atoms. The molecule has 1 unspecified atom stereocenters. The van der Waals surface area contributed by atoms with Gasteiger partial charge in [0.05, 0.1) is 22.9 Å². The molecule has 0 saturated heterocycles. The average Bonchev–Trinajstić information content (AvgIpc) is 2.26. The number of hydrogen-bond donors (Lipinski definition) is 3. The van der Waals surface area contributed by atoms with Crippen molar-refractivity contribution in [1.82, 2.24) is 5.32 Å². The zero-order valence-electron chi connectivity index (χ0n) is 10.1. The lowest BCUT2D eigenvalue weighted by atomic mass is 9.85.